The van der Waals surface area contributed by atoms with Gasteiger partial charge >= 0.3 is 5.97 Å². The van der Waals surface area contributed by atoms with Gasteiger partial charge in [-0.2, -0.15) is 4.72 Å². The van der Waals surface area contributed by atoms with Crippen LogP contribution in [0.3, 0.4) is 0 Å². The number of rotatable bonds is 5. The molecule has 108 valence electrons. The number of hydrogen-bond acceptors (Lipinski definition) is 3. The molecule has 8 heteroatoms. The zero-order valence-corrected chi connectivity index (χ0v) is 11.9. The van der Waals surface area contributed by atoms with Gasteiger partial charge in [-0.25, -0.2) is 17.6 Å². The van der Waals surface area contributed by atoms with Crippen LogP contribution in [0, 0.1) is 18.2 Å². The van der Waals surface area contributed by atoms with Crippen molar-refractivity contribution in [2.75, 3.05) is 0 Å². The van der Waals surface area contributed by atoms with Crippen molar-refractivity contribution in [1.29, 1.82) is 0 Å². The first-order chi connectivity index (χ1) is 9.22. The van der Waals surface area contributed by atoms with Crippen LogP contribution >= 0.6 is 11.6 Å². The Labute approximate surface area is 120 Å². The van der Waals surface area contributed by atoms with Crippen molar-refractivity contribution in [2.24, 2.45) is 0 Å². The predicted molar refractivity (Wildman–Crippen MR) is 71.6 cm³/mol. The average molecular weight is 320 g/mol. The van der Waals surface area contributed by atoms with Crippen molar-refractivity contribution in [3.63, 3.8) is 0 Å². The summed E-state index contributed by atoms with van der Waals surface area (Å²) in [5.74, 6) is -0.456. The van der Waals surface area contributed by atoms with Crippen LogP contribution in [0.2, 0.25) is 5.02 Å². The predicted octanol–water partition coefficient (Wildman–Crippen LogP) is 1.87. The van der Waals surface area contributed by atoms with Gasteiger partial charge in [0.15, 0.2) is 0 Å². The second kappa shape index (κ2) is 6.22. The number of carboxylic acids is 1. The Bertz CT molecular complexity index is 681. The van der Waals surface area contributed by atoms with Crippen LogP contribution in [0.5, 0.6) is 0 Å². The lowest BCUT2D eigenvalue weighted by Gasteiger charge is -2.12. The Morgan fingerprint density at radius 1 is 1.60 bits per heavy atom. The third kappa shape index (κ3) is 3.48. The van der Waals surface area contributed by atoms with E-state index in [4.69, 9.17) is 23.1 Å². The lowest BCUT2D eigenvalue weighted by molar-refractivity contribution is 0.0696. The number of benzene rings is 1. The summed E-state index contributed by atoms with van der Waals surface area (Å²) in [6.45, 7) is 1.66. The summed E-state index contributed by atoms with van der Waals surface area (Å²) in [5.41, 5.74) is -0.638. The molecule has 5 nitrogen and oxygen atoms in total. The normalized spacial score (nSPS) is 12.7. The first-order valence-electron chi connectivity index (χ1n) is 5.43. The number of nitrogens with one attached hydrogen (secondary N) is 1. The molecule has 2 N–H and O–H groups in total. The third-order valence-electron chi connectivity index (χ3n) is 2.45. The van der Waals surface area contributed by atoms with Crippen LogP contribution in [0.15, 0.2) is 17.0 Å². The monoisotopic (exact) mass is 319 g/mol. The molecule has 20 heavy (non-hydrogen) atoms. The summed E-state index contributed by atoms with van der Waals surface area (Å²) in [4.78, 5) is 10.3. The molecule has 1 rings (SSSR count). The molecule has 0 aromatic heterocycles. The second-order valence-corrected chi connectivity index (χ2v) is 5.91. The van der Waals surface area contributed by atoms with Crippen molar-refractivity contribution in [3.8, 4) is 12.3 Å². The van der Waals surface area contributed by atoms with Crippen LogP contribution < -0.4 is 4.72 Å². The van der Waals surface area contributed by atoms with Gasteiger partial charge in [-0.1, -0.05) is 24.4 Å². The van der Waals surface area contributed by atoms with Gasteiger partial charge in [0.1, 0.15) is 5.82 Å². The number of sulfonamides is 1. The molecule has 0 saturated carbocycles. The maximum Gasteiger partial charge on any atom is 0.337 e. The highest BCUT2D eigenvalue weighted by molar-refractivity contribution is 7.89. The van der Waals surface area contributed by atoms with Gasteiger partial charge in [0.25, 0.3) is 0 Å². The Morgan fingerprint density at radius 3 is 2.65 bits per heavy atom. The van der Waals surface area contributed by atoms with E-state index >= 15 is 0 Å². The van der Waals surface area contributed by atoms with Gasteiger partial charge in [0.2, 0.25) is 10.0 Å². The third-order valence-corrected chi connectivity index (χ3v) is 4.28. The largest absolute Gasteiger partial charge is 0.478 e. The zero-order valence-electron chi connectivity index (χ0n) is 10.4. The molecule has 1 aromatic rings. The van der Waals surface area contributed by atoms with E-state index in [-0.39, 0.29) is 0 Å². The zero-order chi connectivity index (χ0) is 15.5. The van der Waals surface area contributed by atoms with Gasteiger partial charge in [-0.15, -0.1) is 6.42 Å². The summed E-state index contributed by atoms with van der Waals surface area (Å²) >= 11 is 5.47. The number of carbonyl (C=O) groups is 1. The van der Waals surface area contributed by atoms with E-state index < -0.39 is 43.3 Å². The number of halogens is 2. The first kappa shape index (κ1) is 16.4. The minimum Gasteiger partial charge on any atom is -0.478 e. The molecule has 0 radical (unpaired) electrons. The fraction of sp³-hybridized carbons (Fsp3) is 0.250. The molecule has 0 aliphatic carbocycles. The van der Waals surface area contributed by atoms with E-state index in [1.165, 1.54) is 0 Å². The SMILES string of the molecule is C#CC(CC)NS(=O)(=O)c1cc(F)c(Cl)c(C(=O)O)c1. The van der Waals surface area contributed by atoms with E-state index in [1.807, 2.05) is 0 Å². The molecule has 1 aromatic carbocycles. The van der Waals surface area contributed by atoms with Crippen molar-refractivity contribution in [2.45, 2.75) is 24.3 Å². The minimum absolute atomic E-state index is 0.331. The first-order valence-corrected chi connectivity index (χ1v) is 7.29. The highest BCUT2D eigenvalue weighted by Crippen LogP contribution is 2.24. The van der Waals surface area contributed by atoms with Gasteiger partial charge in [-0.3, -0.25) is 0 Å². The van der Waals surface area contributed by atoms with Crippen molar-refractivity contribution in [3.05, 3.63) is 28.5 Å². The molecule has 0 heterocycles. The van der Waals surface area contributed by atoms with E-state index in [0.29, 0.717) is 12.5 Å². The van der Waals surface area contributed by atoms with Gasteiger partial charge < -0.3 is 5.11 Å². The summed E-state index contributed by atoms with van der Waals surface area (Å²) in [5, 5.41) is 8.20. The van der Waals surface area contributed by atoms with Gasteiger partial charge in [-0.05, 0) is 18.6 Å². The molecule has 0 bridgehead atoms. The highest BCUT2D eigenvalue weighted by atomic mass is 35.5. The van der Waals surface area contributed by atoms with Crippen LogP contribution in [-0.4, -0.2) is 25.5 Å². The summed E-state index contributed by atoms with van der Waals surface area (Å²) in [6, 6.07) is 0.645. The summed E-state index contributed by atoms with van der Waals surface area (Å²) in [6.07, 6.45) is 5.47. The molecule has 0 saturated heterocycles. The topological polar surface area (TPSA) is 83.5 Å². The Balaban J connectivity index is 3.34. The smallest absolute Gasteiger partial charge is 0.337 e. The van der Waals surface area contributed by atoms with E-state index in [0.717, 1.165) is 6.07 Å². The maximum absolute atomic E-state index is 13.5. The lowest BCUT2D eigenvalue weighted by Crippen LogP contribution is -2.33. The van der Waals surface area contributed by atoms with Crippen molar-refractivity contribution in [1.82, 2.24) is 4.72 Å². The maximum atomic E-state index is 13.5. The van der Waals surface area contributed by atoms with Gasteiger partial charge in [0.05, 0.1) is 21.5 Å². The summed E-state index contributed by atoms with van der Waals surface area (Å²) < 4.78 is 39.6. The van der Waals surface area contributed by atoms with Crippen molar-refractivity contribution >= 4 is 27.6 Å². The van der Waals surface area contributed by atoms with Crippen molar-refractivity contribution < 1.29 is 22.7 Å². The lowest BCUT2D eigenvalue weighted by atomic mass is 10.2. The molecular weight excluding hydrogens is 309 g/mol. The van der Waals surface area contributed by atoms with Crippen LogP contribution in [-0.2, 0) is 10.0 Å². The van der Waals surface area contributed by atoms with Crippen LogP contribution in [0.4, 0.5) is 4.39 Å². The molecule has 0 aliphatic heterocycles. The second-order valence-electron chi connectivity index (χ2n) is 3.82. The van der Waals surface area contributed by atoms with Gasteiger partial charge in [0, 0.05) is 0 Å². The number of carboxylic acid groups (broad SMARTS) is 1. The minimum atomic E-state index is -4.13. The van der Waals surface area contributed by atoms with Crippen LogP contribution in [0.25, 0.3) is 0 Å². The Morgan fingerprint density at radius 2 is 2.20 bits per heavy atom. The number of aromatic carboxylic acids is 1. The quantitative estimate of drug-likeness (QED) is 0.812. The molecule has 1 unspecified atom stereocenters. The number of hydrogen-bond donors (Lipinski definition) is 2. The molecule has 0 spiro atoms. The fourth-order valence-corrected chi connectivity index (χ4v) is 2.83. The molecule has 0 fully saturated rings. The summed E-state index contributed by atoms with van der Waals surface area (Å²) in [7, 11) is -4.13. The average Bonchev–Trinajstić information content (AvgIpc) is 2.38. The Hall–Kier alpha value is -1.62. The number of terminal acetylenes is 1. The molecule has 0 aliphatic rings. The highest BCUT2D eigenvalue weighted by Gasteiger charge is 2.23. The standard InChI is InChI=1S/C12H11ClFNO4S/c1-3-7(4-2)15-20(18,19)8-5-9(12(16)17)11(13)10(14)6-8/h1,5-7,15H,4H2,2H3,(H,16,17). The van der Waals surface area contributed by atoms with E-state index in [9.17, 15) is 17.6 Å². The molecule has 0 amide bonds. The fourth-order valence-electron chi connectivity index (χ4n) is 1.37. The molecule has 1 atom stereocenters. The molecular formula is C12H11ClFNO4S. The van der Waals surface area contributed by atoms with Crippen LogP contribution in [0.1, 0.15) is 23.7 Å². The van der Waals surface area contributed by atoms with E-state index in [1.54, 1.807) is 6.92 Å². The van der Waals surface area contributed by atoms with E-state index in [2.05, 4.69) is 10.6 Å². The Kier molecular flexibility index (Phi) is 5.11.